The van der Waals surface area contributed by atoms with E-state index in [1.54, 1.807) is 0 Å². The average Bonchev–Trinajstić information content (AvgIpc) is 2.79. The molecule has 0 atom stereocenters. The molecular formula is C7H8N2O. The van der Waals surface area contributed by atoms with Crippen molar-refractivity contribution in [3.8, 4) is 5.88 Å². The lowest BCUT2D eigenvalue weighted by molar-refractivity contribution is 0.448. The zero-order valence-electron chi connectivity index (χ0n) is 7.33. The van der Waals surface area contributed by atoms with Crippen molar-refractivity contribution >= 4 is 0 Å². The highest BCUT2D eigenvalue weighted by molar-refractivity contribution is 5.14. The largest absolute Gasteiger partial charge is 0.492 e. The first-order valence-electron chi connectivity index (χ1n) is 4.22. The second-order valence-electron chi connectivity index (χ2n) is 2.43. The molecule has 0 unspecified atom stereocenters. The lowest BCUT2D eigenvalue weighted by atomic mass is 10.3. The normalized spacial score (nSPS) is 20.0. The van der Waals surface area contributed by atoms with Crippen LogP contribution in [0, 0.1) is 0 Å². The van der Waals surface area contributed by atoms with E-state index in [0.717, 1.165) is 12.8 Å². The zero-order chi connectivity index (χ0) is 8.72. The fourth-order valence-corrected chi connectivity index (χ4v) is 0.839. The standard InChI is InChI=1S/C7H8N2O/c10-7-4-8-3-6(9-7)5-1-2-5/h3-5H,1-2H2,(H,9,10)/i3D,4D. The fraction of sp³-hybridized carbons (Fsp3) is 0.429. The molecule has 52 valence electrons. The number of hydrogen-bond acceptors (Lipinski definition) is 3. The Bertz CT molecular complexity index is 325. The van der Waals surface area contributed by atoms with E-state index in [9.17, 15) is 0 Å². The van der Waals surface area contributed by atoms with Gasteiger partial charge in [0.25, 0.3) is 0 Å². The summed E-state index contributed by atoms with van der Waals surface area (Å²) in [5.74, 6) is -0.0793. The maximum absolute atomic E-state index is 9.06. The molecule has 2 rings (SSSR count). The third-order valence-corrected chi connectivity index (χ3v) is 1.52. The van der Waals surface area contributed by atoms with Crippen LogP contribution in [0.2, 0.25) is 0 Å². The molecule has 1 fully saturated rings. The molecule has 1 aliphatic rings. The maximum atomic E-state index is 9.06. The number of nitrogens with zero attached hydrogens (tertiary/aromatic N) is 2. The van der Waals surface area contributed by atoms with Gasteiger partial charge in [0.15, 0.2) is 0 Å². The van der Waals surface area contributed by atoms with Crippen LogP contribution in [0.1, 0.15) is 27.2 Å². The van der Waals surface area contributed by atoms with Gasteiger partial charge in [0.05, 0.1) is 14.6 Å². The van der Waals surface area contributed by atoms with Crippen LogP contribution in [-0.4, -0.2) is 15.1 Å². The molecule has 10 heavy (non-hydrogen) atoms. The average molecular weight is 138 g/mol. The molecular weight excluding hydrogens is 128 g/mol. The van der Waals surface area contributed by atoms with Crippen molar-refractivity contribution in [1.29, 1.82) is 0 Å². The minimum Gasteiger partial charge on any atom is -0.492 e. The van der Waals surface area contributed by atoms with E-state index in [4.69, 9.17) is 7.85 Å². The van der Waals surface area contributed by atoms with Gasteiger partial charge in [-0.1, -0.05) is 0 Å². The second kappa shape index (κ2) is 1.94. The van der Waals surface area contributed by atoms with Crippen LogP contribution in [0.15, 0.2) is 12.3 Å². The van der Waals surface area contributed by atoms with Gasteiger partial charge in [-0.15, -0.1) is 0 Å². The van der Waals surface area contributed by atoms with Crippen molar-refractivity contribution in [2.24, 2.45) is 0 Å². The van der Waals surface area contributed by atoms with Crippen LogP contribution in [0.5, 0.6) is 5.88 Å². The summed E-state index contributed by atoms with van der Waals surface area (Å²) in [6.07, 6.45) is 1.74. The summed E-state index contributed by atoms with van der Waals surface area (Å²) in [4.78, 5) is 7.31. The molecule has 0 radical (unpaired) electrons. The van der Waals surface area contributed by atoms with Gasteiger partial charge in [-0.05, 0) is 12.8 Å². The summed E-state index contributed by atoms with van der Waals surface area (Å²) in [6, 6.07) is 0. The molecule has 0 aromatic carbocycles. The minimum absolute atomic E-state index is 0.0281. The molecule has 1 heterocycles. The second-order valence-corrected chi connectivity index (χ2v) is 2.43. The van der Waals surface area contributed by atoms with Crippen molar-refractivity contribution < 1.29 is 7.85 Å². The van der Waals surface area contributed by atoms with Gasteiger partial charge in [0.1, 0.15) is 0 Å². The van der Waals surface area contributed by atoms with Crippen molar-refractivity contribution in [3.05, 3.63) is 18.0 Å². The van der Waals surface area contributed by atoms with Crippen LogP contribution in [0.4, 0.5) is 0 Å². The molecule has 0 spiro atoms. The van der Waals surface area contributed by atoms with Gasteiger partial charge in [0.2, 0.25) is 5.88 Å². The summed E-state index contributed by atoms with van der Waals surface area (Å²) in [6.45, 7) is 0. The summed E-state index contributed by atoms with van der Waals surface area (Å²) in [7, 11) is 0. The van der Waals surface area contributed by atoms with Crippen molar-refractivity contribution in [2.45, 2.75) is 18.8 Å². The molecule has 3 nitrogen and oxygen atoms in total. The smallest absolute Gasteiger partial charge is 0.230 e. The number of aromatic nitrogens is 2. The molecule has 1 N–H and O–H groups in total. The van der Waals surface area contributed by atoms with Crippen molar-refractivity contribution in [2.75, 3.05) is 0 Å². The van der Waals surface area contributed by atoms with Gasteiger partial charge in [-0.2, -0.15) is 0 Å². The Balaban J connectivity index is 2.47. The molecule has 1 aromatic heterocycles. The molecule has 0 aliphatic heterocycles. The predicted octanol–water partition coefficient (Wildman–Crippen LogP) is 1.06. The molecule has 1 aliphatic carbocycles. The van der Waals surface area contributed by atoms with Gasteiger partial charge in [0, 0.05) is 12.1 Å². The highest BCUT2D eigenvalue weighted by Crippen LogP contribution is 2.38. The first kappa shape index (κ1) is 3.91. The van der Waals surface area contributed by atoms with E-state index in [-0.39, 0.29) is 24.1 Å². The van der Waals surface area contributed by atoms with E-state index >= 15 is 0 Å². The van der Waals surface area contributed by atoms with E-state index in [2.05, 4.69) is 9.97 Å². The Morgan fingerprint density at radius 3 is 3.10 bits per heavy atom. The van der Waals surface area contributed by atoms with Crippen LogP contribution < -0.4 is 0 Å². The first-order chi connectivity index (χ1) is 5.68. The van der Waals surface area contributed by atoms with E-state index < -0.39 is 0 Å². The highest BCUT2D eigenvalue weighted by Gasteiger charge is 2.25. The minimum atomic E-state index is -0.368. The first-order valence-corrected chi connectivity index (χ1v) is 3.22. The molecule has 0 saturated heterocycles. The Labute approximate surface area is 61.6 Å². The van der Waals surface area contributed by atoms with Gasteiger partial charge in [-0.3, -0.25) is 4.98 Å². The summed E-state index contributed by atoms with van der Waals surface area (Å²) >= 11 is 0. The van der Waals surface area contributed by atoms with E-state index in [0.29, 0.717) is 5.69 Å². The molecule has 1 saturated carbocycles. The molecule has 0 bridgehead atoms. The van der Waals surface area contributed by atoms with Crippen LogP contribution in [0.25, 0.3) is 0 Å². The van der Waals surface area contributed by atoms with Crippen LogP contribution >= 0.6 is 0 Å². The highest BCUT2D eigenvalue weighted by atomic mass is 16.3. The predicted molar refractivity (Wildman–Crippen MR) is 35.7 cm³/mol. The summed E-state index contributed by atoms with van der Waals surface area (Å²) in [5.41, 5.74) is 0.531. The molecule has 0 amide bonds. The Hall–Kier alpha value is -1.12. The Morgan fingerprint density at radius 1 is 1.60 bits per heavy atom. The van der Waals surface area contributed by atoms with E-state index in [1.807, 2.05) is 0 Å². The fourth-order valence-electron chi connectivity index (χ4n) is 0.839. The Kier molecular flexibility index (Phi) is 0.756. The van der Waals surface area contributed by atoms with Gasteiger partial charge in [-0.25, -0.2) is 4.98 Å². The SMILES string of the molecule is [2H]c1nc([2H])c(C2CC2)nc1O. The third kappa shape index (κ3) is 0.943. The maximum Gasteiger partial charge on any atom is 0.230 e. The Morgan fingerprint density at radius 2 is 2.40 bits per heavy atom. The number of rotatable bonds is 1. The summed E-state index contributed by atoms with van der Waals surface area (Å²) in [5, 5.41) is 9.06. The van der Waals surface area contributed by atoms with Gasteiger partial charge >= 0.3 is 0 Å². The lowest BCUT2D eigenvalue weighted by Crippen LogP contribution is -1.86. The topological polar surface area (TPSA) is 46.0 Å². The quantitative estimate of drug-likeness (QED) is 0.631. The van der Waals surface area contributed by atoms with Crippen LogP contribution in [0.3, 0.4) is 0 Å². The lowest BCUT2D eigenvalue weighted by Gasteiger charge is -1.94. The van der Waals surface area contributed by atoms with Crippen molar-refractivity contribution in [3.63, 3.8) is 0 Å². The van der Waals surface area contributed by atoms with Crippen LogP contribution in [-0.2, 0) is 0 Å². The number of aromatic hydroxyl groups is 1. The van der Waals surface area contributed by atoms with Gasteiger partial charge < -0.3 is 5.11 Å². The third-order valence-electron chi connectivity index (χ3n) is 1.52. The van der Waals surface area contributed by atoms with E-state index in [1.165, 1.54) is 0 Å². The zero-order valence-corrected chi connectivity index (χ0v) is 5.33. The molecule has 3 heteroatoms. The van der Waals surface area contributed by atoms with Crippen molar-refractivity contribution in [1.82, 2.24) is 9.97 Å². The summed E-state index contributed by atoms with van der Waals surface area (Å²) < 4.78 is 14.4. The monoisotopic (exact) mass is 138 g/mol. The molecule has 1 aromatic rings. The number of hydrogen-bond donors (Lipinski definition) is 1.